The molecular weight excluding hydrogens is 285 g/mol. The Bertz CT molecular complexity index is 654. The molecule has 0 fully saturated rings. The van der Waals surface area contributed by atoms with Gasteiger partial charge in [0.15, 0.2) is 0 Å². The Morgan fingerprint density at radius 2 is 1.90 bits per heavy atom. The van der Waals surface area contributed by atoms with Gasteiger partial charge < -0.3 is 10.1 Å². The van der Waals surface area contributed by atoms with E-state index in [-0.39, 0.29) is 5.82 Å². The second-order valence-corrected chi connectivity index (χ2v) is 5.63. The van der Waals surface area contributed by atoms with Crippen LogP contribution in [0.3, 0.4) is 0 Å². The second kappa shape index (κ2) is 6.22. The molecule has 0 bridgehead atoms. The third-order valence-electron chi connectivity index (χ3n) is 3.52. The summed E-state index contributed by atoms with van der Waals surface area (Å²) in [4.78, 5) is 0.897. The number of hydrogen-bond acceptors (Lipinski definition) is 2. The summed E-state index contributed by atoms with van der Waals surface area (Å²) in [7, 11) is 0. The van der Waals surface area contributed by atoms with Crippen LogP contribution in [-0.2, 0) is 13.0 Å². The van der Waals surface area contributed by atoms with Crippen molar-refractivity contribution in [1.29, 1.82) is 0 Å². The molecule has 0 aromatic heterocycles. The molecule has 0 unspecified atom stereocenters. The number of halogens is 1. The van der Waals surface area contributed by atoms with Crippen LogP contribution >= 0.6 is 12.2 Å². The van der Waals surface area contributed by atoms with Crippen LogP contribution in [0.5, 0.6) is 5.75 Å². The van der Waals surface area contributed by atoms with E-state index in [0.29, 0.717) is 6.61 Å². The molecule has 1 aliphatic rings. The first-order chi connectivity index (χ1) is 10.2. The Hall–Kier alpha value is -1.94. The summed E-state index contributed by atoms with van der Waals surface area (Å²) in [6, 6.07) is 12.4. The van der Waals surface area contributed by atoms with Crippen molar-refractivity contribution in [3.8, 4) is 5.75 Å². The standard InChI is InChI=1S/C17H16FNOS/c18-14-6-4-12(5-7-14)11-20-15-8-9-16-13(10-15)2-1-3-17(21)19-16/h4-10H,1-3,11H2,(H,19,21). The van der Waals surface area contributed by atoms with Crippen LogP contribution in [0.15, 0.2) is 42.5 Å². The molecule has 1 heterocycles. The zero-order valence-corrected chi connectivity index (χ0v) is 12.4. The first-order valence-electron chi connectivity index (χ1n) is 7.01. The quantitative estimate of drug-likeness (QED) is 0.845. The number of aryl methyl sites for hydroxylation is 1. The van der Waals surface area contributed by atoms with Crippen LogP contribution in [-0.4, -0.2) is 4.99 Å². The summed E-state index contributed by atoms with van der Waals surface area (Å²) in [5, 5.41) is 3.26. The van der Waals surface area contributed by atoms with Gasteiger partial charge in [-0.2, -0.15) is 0 Å². The minimum Gasteiger partial charge on any atom is -0.489 e. The fraction of sp³-hybridized carbons (Fsp3) is 0.235. The Labute approximate surface area is 128 Å². The predicted molar refractivity (Wildman–Crippen MR) is 86.3 cm³/mol. The Morgan fingerprint density at radius 1 is 1.10 bits per heavy atom. The van der Waals surface area contributed by atoms with Gasteiger partial charge in [-0.3, -0.25) is 0 Å². The van der Waals surface area contributed by atoms with Crippen LogP contribution in [0.25, 0.3) is 0 Å². The highest BCUT2D eigenvalue weighted by molar-refractivity contribution is 7.80. The number of ether oxygens (including phenoxy) is 1. The van der Waals surface area contributed by atoms with Crippen LogP contribution in [0.1, 0.15) is 24.0 Å². The third-order valence-corrected chi connectivity index (χ3v) is 3.83. The van der Waals surface area contributed by atoms with E-state index in [2.05, 4.69) is 11.4 Å². The number of fused-ring (bicyclic) bond motifs is 1. The highest BCUT2D eigenvalue weighted by Crippen LogP contribution is 2.27. The normalized spacial score (nSPS) is 14.0. The molecule has 1 N–H and O–H groups in total. The first kappa shape index (κ1) is 14.0. The van der Waals surface area contributed by atoms with Crippen molar-refractivity contribution in [3.05, 3.63) is 59.4 Å². The Kier molecular flexibility index (Phi) is 4.15. The molecule has 0 aliphatic carbocycles. The van der Waals surface area contributed by atoms with Gasteiger partial charge in [-0.15, -0.1) is 0 Å². The molecule has 2 aromatic rings. The highest BCUT2D eigenvalue weighted by atomic mass is 32.1. The molecule has 108 valence electrons. The number of nitrogens with one attached hydrogen (secondary N) is 1. The topological polar surface area (TPSA) is 21.3 Å². The van der Waals surface area contributed by atoms with Crippen molar-refractivity contribution in [2.45, 2.75) is 25.9 Å². The first-order valence-corrected chi connectivity index (χ1v) is 7.41. The van der Waals surface area contributed by atoms with Crippen molar-refractivity contribution in [1.82, 2.24) is 0 Å². The fourth-order valence-electron chi connectivity index (χ4n) is 2.39. The van der Waals surface area contributed by atoms with E-state index in [1.807, 2.05) is 12.1 Å². The molecule has 2 aromatic carbocycles. The van der Waals surface area contributed by atoms with Crippen molar-refractivity contribution >= 4 is 22.9 Å². The molecule has 2 nitrogen and oxygen atoms in total. The maximum absolute atomic E-state index is 12.9. The summed E-state index contributed by atoms with van der Waals surface area (Å²) in [5.74, 6) is 0.596. The lowest BCUT2D eigenvalue weighted by molar-refractivity contribution is 0.306. The Morgan fingerprint density at radius 3 is 2.71 bits per heavy atom. The molecule has 0 radical (unpaired) electrons. The molecule has 0 spiro atoms. The lowest BCUT2D eigenvalue weighted by Gasteiger charge is -2.11. The van der Waals surface area contributed by atoms with Crippen LogP contribution in [0.2, 0.25) is 0 Å². The van der Waals surface area contributed by atoms with Crippen LogP contribution in [0, 0.1) is 5.82 Å². The Balaban J connectivity index is 1.70. The van der Waals surface area contributed by atoms with Crippen LogP contribution in [0.4, 0.5) is 10.1 Å². The number of rotatable bonds is 3. The molecule has 0 amide bonds. The summed E-state index contributed by atoms with van der Waals surface area (Å²) in [6.07, 6.45) is 2.98. The van der Waals surface area contributed by atoms with Gasteiger partial charge in [0.05, 0.1) is 4.99 Å². The average molecular weight is 301 g/mol. The maximum atomic E-state index is 12.9. The van der Waals surface area contributed by atoms with Gasteiger partial charge in [-0.1, -0.05) is 24.4 Å². The predicted octanol–water partition coefficient (Wildman–Crippen LogP) is 4.48. The van der Waals surface area contributed by atoms with E-state index in [4.69, 9.17) is 17.0 Å². The SMILES string of the molecule is Fc1ccc(COc2ccc3c(c2)CCCC(=S)N3)cc1. The van der Waals surface area contributed by atoms with Gasteiger partial charge in [-0.25, -0.2) is 4.39 Å². The third kappa shape index (κ3) is 3.58. The summed E-state index contributed by atoms with van der Waals surface area (Å²) in [5.41, 5.74) is 3.25. The van der Waals surface area contributed by atoms with E-state index >= 15 is 0 Å². The second-order valence-electron chi connectivity index (χ2n) is 5.14. The minimum absolute atomic E-state index is 0.231. The lowest BCUT2D eigenvalue weighted by atomic mass is 10.1. The molecule has 0 atom stereocenters. The minimum atomic E-state index is -0.231. The summed E-state index contributed by atoms with van der Waals surface area (Å²) < 4.78 is 18.6. The van der Waals surface area contributed by atoms with Crippen molar-refractivity contribution in [3.63, 3.8) is 0 Å². The number of thiocarbonyl (C=S) groups is 1. The molecule has 21 heavy (non-hydrogen) atoms. The monoisotopic (exact) mass is 301 g/mol. The van der Waals surface area contributed by atoms with Gasteiger partial charge >= 0.3 is 0 Å². The average Bonchev–Trinajstić information content (AvgIpc) is 2.67. The van der Waals surface area contributed by atoms with Gasteiger partial charge in [0.1, 0.15) is 18.2 Å². The van der Waals surface area contributed by atoms with Gasteiger partial charge in [-0.05, 0) is 60.7 Å². The van der Waals surface area contributed by atoms with Gasteiger partial charge in [0.25, 0.3) is 0 Å². The van der Waals surface area contributed by atoms with E-state index in [9.17, 15) is 4.39 Å². The molecule has 3 rings (SSSR count). The zero-order valence-electron chi connectivity index (χ0n) is 11.6. The van der Waals surface area contributed by atoms with E-state index in [1.165, 1.54) is 17.7 Å². The summed E-state index contributed by atoms with van der Waals surface area (Å²) in [6.45, 7) is 0.435. The van der Waals surface area contributed by atoms with Gasteiger partial charge in [0.2, 0.25) is 0 Å². The van der Waals surface area contributed by atoms with Crippen molar-refractivity contribution < 1.29 is 9.13 Å². The van der Waals surface area contributed by atoms with E-state index < -0.39 is 0 Å². The molecule has 1 aliphatic heterocycles. The zero-order chi connectivity index (χ0) is 14.7. The van der Waals surface area contributed by atoms with E-state index in [0.717, 1.165) is 41.3 Å². The number of anilines is 1. The molecular formula is C17H16FNOS. The molecule has 0 saturated heterocycles. The number of hydrogen-bond donors (Lipinski definition) is 1. The van der Waals surface area contributed by atoms with Gasteiger partial charge in [0, 0.05) is 5.69 Å². The molecule has 4 heteroatoms. The van der Waals surface area contributed by atoms with E-state index in [1.54, 1.807) is 12.1 Å². The molecule has 0 saturated carbocycles. The largest absolute Gasteiger partial charge is 0.489 e. The lowest BCUT2D eigenvalue weighted by Crippen LogP contribution is -2.06. The van der Waals surface area contributed by atoms with Crippen molar-refractivity contribution in [2.75, 3.05) is 5.32 Å². The fourth-order valence-corrected chi connectivity index (χ4v) is 2.64. The smallest absolute Gasteiger partial charge is 0.123 e. The number of benzene rings is 2. The van der Waals surface area contributed by atoms with Crippen molar-refractivity contribution in [2.24, 2.45) is 0 Å². The maximum Gasteiger partial charge on any atom is 0.123 e. The van der Waals surface area contributed by atoms with Crippen LogP contribution < -0.4 is 10.1 Å². The summed E-state index contributed by atoms with van der Waals surface area (Å²) >= 11 is 5.25. The highest BCUT2D eigenvalue weighted by Gasteiger charge is 2.11.